The molecule has 1 aromatic carbocycles. The number of aliphatic hydroxyl groups excluding tert-OH is 1. The van der Waals surface area contributed by atoms with Gasteiger partial charge < -0.3 is 14.7 Å². The fraction of sp³-hybridized carbons (Fsp3) is 0.259. The summed E-state index contributed by atoms with van der Waals surface area (Å²) in [4.78, 5) is 36.1. The molecule has 7 nitrogen and oxygen atoms in total. The summed E-state index contributed by atoms with van der Waals surface area (Å²) >= 11 is 0. The normalized spacial score (nSPS) is 17.4. The van der Waals surface area contributed by atoms with Crippen LogP contribution in [0.25, 0.3) is 5.76 Å². The van der Waals surface area contributed by atoms with Gasteiger partial charge in [-0.05, 0) is 65.4 Å². The number of aromatic nitrogens is 2. The predicted octanol–water partition coefficient (Wildman–Crippen LogP) is 4.54. The second-order valence-corrected chi connectivity index (χ2v) is 8.63. The van der Waals surface area contributed by atoms with E-state index >= 15 is 0 Å². The first-order chi connectivity index (χ1) is 16.3. The van der Waals surface area contributed by atoms with Gasteiger partial charge in [-0.2, -0.15) is 0 Å². The van der Waals surface area contributed by atoms with Crippen molar-refractivity contribution in [2.24, 2.45) is 0 Å². The lowest BCUT2D eigenvalue weighted by Crippen LogP contribution is -2.29. The second-order valence-electron chi connectivity index (χ2n) is 8.63. The van der Waals surface area contributed by atoms with Crippen LogP contribution in [-0.2, 0) is 16.1 Å². The Hall–Kier alpha value is -4.00. The maximum atomic E-state index is 13.3. The Morgan fingerprint density at radius 3 is 2.47 bits per heavy atom. The molecule has 0 saturated carbocycles. The average Bonchev–Trinajstić information content (AvgIpc) is 3.09. The molecule has 174 valence electrons. The zero-order valence-corrected chi connectivity index (χ0v) is 19.6. The van der Waals surface area contributed by atoms with Gasteiger partial charge in [0.2, 0.25) is 0 Å². The SMILES string of the molecule is COc1cc(C)c(/C(O)=C2\C(=O)C(=O)N(Cc3ccncc3)C2c2cccnc2)cc1C(C)C. The number of methoxy groups -OCH3 is 1. The minimum Gasteiger partial charge on any atom is -0.507 e. The molecule has 1 saturated heterocycles. The number of hydrogen-bond donors (Lipinski definition) is 1. The van der Waals surface area contributed by atoms with Crippen LogP contribution in [0.1, 0.15) is 53.6 Å². The van der Waals surface area contributed by atoms with Crippen LogP contribution < -0.4 is 4.74 Å². The zero-order valence-electron chi connectivity index (χ0n) is 19.6. The van der Waals surface area contributed by atoms with E-state index in [1.165, 1.54) is 4.90 Å². The quantitative estimate of drug-likeness (QED) is 0.332. The first-order valence-electron chi connectivity index (χ1n) is 11.1. The molecule has 0 radical (unpaired) electrons. The maximum Gasteiger partial charge on any atom is 0.295 e. The van der Waals surface area contributed by atoms with E-state index in [0.717, 1.165) is 16.7 Å². The fourth-order valence-electron chi connectivity index (χ4n) is 4.34. The lowest BCUT2D eigenvalue weighted by Gasteiger charge is -2.25. The summed E-state index contributed by atoms with van der Waals surface area (Å²) in [5, 5.41) is 11.5. The highest BCUT2D eigenvalue weighted by molar-refractivity contribution is 6.46. The largest absolute Gasteiger partial charge is 0.507 e. The number of aryl methyl sites for hydroxylation is 1. The van der Waals surface area contributed by atoms with Crippen molar-refractivity contribution in [3.05, 3.63) is 94.6 Å². The summed E-state index contributed by atoms with van der Waals surface area (Å²) < 4.78 is 5.52. The Labute approximate surface area is 198 Å². The number of Topliss-reactive ketones (excluding diaryl/α,β-unsaturated/α-hetero) is 1. The highest BCUT2D eigenvalue weighted by atomic mass is 16.5. The average molecular weight is 458 g/mol. The number of carbonyl (C=O) groups is 2. The second kappa shape index (κ2) is 9.47. The Kier molecular flexibility index (Phi) is 6.45. The number of ketones is 1. The summed E-state index contributed by atoms with van der Waals surface area (Å²) in [6.07, 6.45) is 6.52. The van der Waals surface area contributed by atoms with Gasteiger partial charge in [0.05, 0.1) is 18.7 Å². The number of aliphatic hydroxyl groups is 1. The van der Waals surface area contributed by atoms with Crippen LogP contribution in [-0.4, -0.2) is 38.8 Å². The molecule has 1 aliphatic rings. The zero-order chi connectivity index (χ0) is 24.4. The molecule has 0 aliphatic carbocycles. The highest BCUT2D eigenvalue weighted by Crippen LogP contribution is 2.41. The van der Waals surface area contributed by atoms with E-state index in [9.17, 15) is 14.7 Å². The molecule has 34 heavy (non-hydrogen) atoms. The molecule has 1 unspecified atom stereocenters. The Morgan fingerprint density at radius 2 is 1.85 bits per heavy atom. The molecule has 0 bridgehead atoms. The minimum absolute atomic E-state index is 0.0510. The molecule has 1 amide bonds. The van der Waals surface area contributed by atoms with Crippen LogP contribution in [0.4, 0.5) is 0 Å². The highest BCUT2D eigenvalue weighted by Gasteiger charge is 2.46. The number of nitrogens with zero attached hydrogens (tertiary/aromatic N) is 3. The summed E-state index contributed by atoms with van der Waals surface area (Å²) in [5.41, 5.74) is 3.67. The van der Waals surface area contributed by atoms with E-state index in [4.69, 9.17) is 4.74 Å². The molecule has 0 spiro atoms. The molecule has 1 fully saturated rings. The van der Waals surface area contributed by atoms with Crippen LogP contribution in [0.15, 0.2) is 66.8 Å². The topological polar surface area (TPSA) is 92.6 Å². The van der Waals surface area contributed by atoms with Gasteiger partial charge in [-0.3, -0.25) is 19.6 Å². The van der Waals surface area contributed by atoms with E-state index in [1.807, 2.05) is 32.9 Å². The number of ether oxygens (including phenoxy) is 1. The lowest BCUT2D eigenvalue weighted by molar-refractivity contribution is -0.140. The summed E-state index contributed by atoms with van der Waals surface area (Å²) in [6, 6.07) is 10.0. The van der Waals surface area contributed by atoms with E-state index in [0.29, 0.717) is 16.9 Å². The third-order valence-electron chi connectivity index (χ3n) is 6.10. The Balaban J connectivity index is 1.90. The molecule has 3 heterocycles. The molecule has 1 aliphatic heterocycles. The van der Waals surface area contributed by atoms with E-state index in [-0.39, 0.29) is 23.8 Å². The number of pyridine rings is 2. The van der Waals surface area contributed by atoms with Gasteiger partial charge in [-0.25, -0.2) is 0 Å². The number of carbonyl (C=O) groups excluding carboxylic acids is 2. The first kappa shape index (κ1) is 23.2. The number of likely N-dealkylation sites (tertiary alicyclic amines) is 1. The summed E-state index contributed by atoms with van der Waals surface area (Å²) in [5.74, 6) is -0.744. The molecule has 1 N–H and O–H groups in total. The number of amides is 1. The van der Waals surface area contributed by atoms with Crippen molar-refractivity contribution >= 4 is 17.4 Å². The minimum atomic E-state index is -0.772. The molecular weight excluding hydrogens is 430 g/mol. The monoisotopic (exact) mass is 457 g/mol. The van der Waals surface area contributed by atoms with Crippen LogP contribution in [0.2, 0.25) is 0 Å². The van der Waals surface area contributed by atoms with Crippen molar-refractivity contribution < 1.29 is 19.4 Å². The summed E-state index contributed by atoms with van der Waals surface area (Å²) in [7, 11) is 1.60. The van der Waals surface area contributed by atoms with Crippen molar-refractivity contribution in [3.63, 3.8) is 0 Å². The van der Waals surface area contributed by atoms with Gasteiger partial charge >= 0.3 is 0 Å². The van der Waals surface area contributed by atoms with Crippen molar-refractivity contribution in [2.45, 2.75) is 39.3 Å². The van der Waals surface area contributed by atoms with Gasteiger partial charge in [-0.15, -0.1) is 0 Å². The van der Waals surface area contributed by atoms with Crippen LogP contribution in [0.5, 0.6) is 5.75 Å². The first-order valence-corrected chi connectivity index (χ1v) is 11.1. The molecular formula is C27H27N3O4. The molecule has 7 heteroatoms. The predicted molar refractivity (Wildman–Crippen MR) is 128 cm³/mol. The van der Waals surface area contributed by atoms with Crippen LogP contribution >= 0.6 is 0 Å². The van der Waals surface area contributed by atoms with Crippen molar-refractivity contribution in [2.75, 3.05) is 7.11 Å². The third kappa shape index (κ3) is 4.17. The molecule has 4 rings (SSSR count). The van der Waals surface area contributed by atoms with Crippen LogP contribution in [0.3, 0.4) is 0 Å². The Morgan fingerprint density at radius 1 is 1.12 bits per heavy atom. The van der Waals surface area contributed by atoms with Gasteiger partial charge in [0.1, 0.15) is 11.5 Å². The lowest BCUT2D eigenvalue weighted by atomic mass is 9.91. The van der Waals surface area contributed by atoms with Gasteiger partial charge in [-0.1, -0.05) is 19.9 Å². The molecule has 3 aromatic rings. The molecule has 2 aromatic heterocycles. The standard InChI is InChI=1S/C27H27N3O4/c1-16(2)20-13-21(17(3)12-22(20)34-4)25(31)23-24(19-6-5-9-29-14-19)30(27(33)26(23)32)15-18-7-10-28-11-8-18/h5-14,16,24,31H,15H2,1-4H3/b25-23+. The number of rotatable bonds is 6. The Bertz CT molecular complexity index is 1250. The smallest absolute Gasteiger partial charge is 0.295 e. The maximum absolute atomic E-state index is 13.3. The van der Waals surface area contributed by atoms with E-state index in [2.05, 4.69) is 9.97 Å². The van der Waals surface area contributed by atoms with Gasteiger partial charge in [0, 0.05) is 36.9 Å². The van der Waals surface area contributed by atoms with Gasteiger partial charge in [0.25, 0.3) is 11.7 Å². The van der Waals surface area contributed by atoms with Crippen LogP contribution in [0, 0.1) is 6.92 Å². The fourth-order valence-corrected chi connectivity index (χ4v) is 4.34. The van der Waals surface area contributed by atoms with Crippen molar-refractivity contribution in [1.29, 1.82) is 0 Å². The van der Waals surface area contributed by atoms with Gasteiger partial charge in [0.15, 0.2) is 0 Å². The van der Waals surface area contributed by atoms with E-state index in [1.54, 1.807) is 56.2 Å². The number of benzene rings is 1. The third-order valence-corrected chi connectivity index (χ3v) is 6.10. The van der Waals surface area contributed by atoms with Crippen molar-refractivity contribution in [1.82, 2.24) is 14.9 Å². The molecule has 1 atom stereocenters. The van der Waals surface area contributed by atoms with Crippen molar-refractivity contribution in [3.8, 4) is 5.75 Å². The number of hydrogen-bond acceptors (Lipinski definition) is 6. The van der Waals surface area contributed by atoms with E-state index < -0.39 is 17.7 Å². The summed E-state index contributed by atoms with van der Waals surface area (Å²) in [6.45, 7) is 6.09.